The van der Waals surface area contributed by atoms with Gasteiger partial charge in [0.25, 0.3) is 0 Å². The fourth-order valence-corrected chi connectivity index (χ4v) is 1.49. The van der Waals surface area contributed by atoms with E-state index in [0.717, 1.165) is 17.3 Å². The van der Waals surface area contributed by atoms with Crippen molar-refractivity contribution in [2.75, 3.05) is 11.9 Å². The van der Waals surface area contributed by atoms with Crippen LogP contribution in [-0.4, -0.2) is 16.6 Å². The molecule has 2 rings (SSSR count). The highest BCUT2D eigenvalue weighted by Crippen LogP contribution is 2.23. The van der Waals surface area contributed by atoms with Crippen molar-refractivity contribution in [3.8, 4) is 5.75 Å². The largest absolute Gasteiger partial charge is 0.492 e. The quantitative estimate of drug-likeness (QED) is 0.855. The molecule has 88 valence electrons. The Morgan fingerprint density at radius 2 is 1.88 bits per heavy atom. The molecule has 4 heteroatoms. The molecule has 0 fully saturated rings. The minimum absolute atomic E-state index is 0.588. The van der Waals surface area contributed by atoms with Crippen LogP contribution < -0.4 is 10.1 Å². The van der Waals surface area contributed by atoms with Crippen LogP contribution in [0.3, 0.4) is 0 Å². The van der Waals surface area contributed by atoms with Gasteiger partial charge in [0, 0.05) is 12.4 Å². The van der Waals surface area contributed by atoms with E-state index in [1.165, 1.54) is 0 Å². The van der Waals surface area contributed by atoms with E-state index in [1.807, 2.05) is 31.2 Å². The molecular weight excluding hydrogens is 214 g/mol. The second-order valence-electron chi connectivity index (χ2n) is 3.45. The number of benzene rings is 1. The summed E-state index contributed by atoms with van der Waals surface area (Å²) in [6, 6.07) is 9.65. The Kier molecular flexibility index (Phi) is 3.91. The van der Waals surface area contributed by atoms with Crippen molar-refractivity contribution in [1.29, 1.82) is 0 Å². The standard InChI is InChI=1S/C13H15N3O/c1-2-17-12-7-4-3-6-11(12)16-10-13-14-8-5-9-15-13/h3-9,16H,2,10H2,1H3. The van der Waals surface area contributed by atoms with E-state index >= 15 is 0 Å². The van der Waals surface area contributed by atoms with Gasteiger partial charge in [-0.25, -0.2) is 9.97 Å². The molecule has 0 atom stereocenters. The zero-order chi connectivity index (χ0) is 11.9. The maximum atomic E-state index is 5.52. The Morgan fingerprint density at radius 1 is 1.12 bits per heavy atom. The predicted octanol–water partition coefficient (Wildman–Crippen LogP) is 2.49. The first-order valence-corrected chi connectivity index (χ1v) is 5.61. The zero-order valence-corrected chi connectivity index (χ0v) is 9.76. The van der Waals surface area contributed by atoms with Crippen LogP contribution in [0.15, 0.2) is 42.7 Å². The minimum atomic E-state index is 0.588. The van der Waals surface area contributed by atoms with Crippen LogP contribution in [0.2, 0.25) is 0 Å². The highest BCUT2D eigenvalue weighted by molar-refractivity contribution is 5.56. The maximum absolute atomic E-state index is 5.52. The first-order valence-electron chi connectivity index (χ1n) is 5.61. The number of aromatic nitrogens is 2. The van der Waals surface area contributed by atoms with Gasteiger partial charge in [-0.05, 0) is 25.1 Å². The van der Waals surface area contributed by atoms with E-state index in [9.17, 15) is 0 Å². The van der Waals surface area contributed by atoms with Gasteiger partial charge in [-0.2, -0.15) is 0 Å². The minimum Gasteiger partial charge on any atom is -0.492 e. The van der Waals surface area contributed by atoms with Gasteiger partial charge < -0.3 is 10.1 Å². The van der Waals surface area contributed by atoms with Crippen molar-refractivity contribution in [1.82, 2.24) is 9.97 Å². The van der Waals surface area contributed by atoms with Crippen molar-refractivity contribution in [2.24, 2.45) is 0 Å². The van der Waals surface area contributed by atoms with Crippen LogP contribution in [-0.2, 0) is 6.54 Å². The van der Waals surface area contributed by atoms with Gasteiger partial charge in [0.15, 0.2) is 0 Å². The molecule has 0 saturated carbocycles. The number of hydrogen-bond donors (Lipinski definition) is 1. The number of nitrogens with zero attached hydrogens (tertiary/aromatic N) is 2. The van der Waals surface area contributed by atoms with Gasteiger partial charge in [0.1, 0.15) is 11.6 Å². The summed E-state index contributed by atoms with van der Waals surface area (Å²) < 4.78 is 5.52. The molecule has 0 spiro atoms. The SMILES string of the molecule is CCOc1ccccc1NCc1ncccn1. The molecule has 0 radical (unpaired) electrons. The number of nitrogens with one attached hydrogen (secondary N) is 1. The fourth-order valence-electron chi connectivity index (χ4n) is 1.49. The summed E-state index contributed by atoms with van der Waals surface area (Å²) in [5, 5.41) is 3.26. The van der Waals surface area contributed by atoms with Gasteiger partial charge in [-0.3, -0.25) is 0 Å². The molecule has 1 heterocycles. The summed E-state index contributed by atoms with van der Waals surface area (Å²) in [6.07, 6.45) is 3.47. The van der Waals surface area contributed by atoms with E-state index in [2.05, 4.69) is 15.3 Å². The topological polar surface area (TPSA) is 47.0 Å². The molecule has 17 heavy (non-hydrogen) atoms. The Labute approximate surface area is 101 Å². The van der Waals surface area contributed by atoms with Gasteiger partial charge >= 0.3 is 0 Å². The smallest absolute Gasteiger partial charge is 0.147 e. The molecule has 0 aliphatic carbocycles. The normalized spacial score (nSPS) is 9.94. The number of hydrogen-bond acceptors (Lipinski definition) is 4. The lowest BCUT2D eigenvalue weighted by atomic mass is 10.3. The average Bonchev–Trinajstić information content (AvgIpc) is 2.39. The molecule has 1 N–H and O–H groups in total. The highest BCUT2D eigenvalue weighted by atomic mass is 16.5. The van der Waals surface area contributed by atoms with Gasteiger partial charge in [0.2, 0.25) is 0 Å². The van der Waals surface area contributed by atoms with E-state index in [1.54, 1.807) is 18.5 Å². The molecule has 2 aromatic rings. The van der Waals surface area contributed by atoms with Gasteiger partial charge in [-0.15, -0.1) is 0 Å². The van der Waals surface area contributed by atoms with Crippen molar-refractivity contribution in [3.05, 3.63) is 48.5 Å². The van der Waals surface area contributed by atoms with E-state index in [-0.39, 0.29) is 0 Å². The number of para-hydroxylation sites is 2. The predicted molar refractivity (Wildman–Crippen MR) is 67.0 cm³/mol. The third-order valence-electron chi connectivity index (χ3n) is 2.24. The lowest BCUT2D eigenvalue weighted by molar-refractivity contribution is 0.341. The molecule has 0 aliphatic rings. The molecule has 0 saturated heterocycles. The molecule has 0 bridgehead atoms. The first kappa shape index (κ1) is 11.4. The lowest BCUT2D eigenvalue weighted by Crippen LogP contribution is -2.05. The third kappa shape index (κ3) is 3.17. The molecule has 0 aliphatic heterocycles. The van der Waals surface area contributed by atoms with Crippen molar-refractivity contribution < 1.29 is 4.74 Å². The van der Waals surface area contributed by atoms with Crippen LogP contribution >= 0.6 is 0 Å². The third-order valence-corrected chi connectivity index (χ3v) is 2.24. The summed E-state index contributed by atoms with van der Waals surface area (Å²) in [5.74, 6) is 1.62. The Hall–Kier alpha value is -2.10. The van der Waals surface area contributed by atoms with Gasteiger partial charge in [0.05, 0.1) is 18.8 Å². The van der Waals surface area contributed by atoms with Crippen molar-refractivity contribution in [2.45, 2.75) is 13.5 Å². The summed E-state index contributed by atoms with van der Waals surface area (Å²) in [6.45, 7) is 3.21. The summed E-state index contributed by atoms with van der Waals surface area (Å²) in [4.78, 5) is 8.31. The Bertz CT molecular complexity index is 459. The number of anilines is 1. The molecule has 4 nitrogen and oxygen atoms in total. The molecular formula is C13H15N3O. The monoisotopic (exact) mass is 229 g/mol. The van der Waals surface area contributed by atoms with E-state index in [4.69, 9.17) is 4.74 Å². The molecule has 1 aromatic carbocycles. The van der Waals surface area contributed by atoms with Crippen LogP contribution in [0.25, 0.3) is 0 Å². The second kappa shape index (κ2) is 5.84. The molecule has 1 aromatic heterocycles. The lowest BCUT2D eigenvalue weighted by Gasteiger charge is -2.11. The number of ether oxygens (including phenoxy) is 1. The maximum Gasteiger partial charge on any atom is 0.147 e. The highest BCUT2D eigenvalue weighted by Gasteiger charge is 2.02. The fraction of sp³-hybridized carbons (Fsp3) is 0.231. The average molecular weight is 229 g/mol. The van der Waals surface area contributed by atoms with E-state index in [0.29, 0.717) is 13.2 Å². The van der Waals surface area contributed by atoms with Crippen LogP contribution in [0.1, 0.15) is 12.7 Å². The second-order valence-corrected chi connectivity index (χ2v) is 3.45. The Balaban J connectivity index is 2.03. The van der Waals surface area contributed by atoms with Crippen molar-refractivity contribution >= 4 is 5.69 Å². The summed E-state index contributed by atoms with van der Waals surface area (Å²) in [5.41, 5.74) is 0.960. The van der Waals surface area contributed by atoms with Crippen LogP contribution in [0.4, 0.5) is 5.69 Å². The first-order chi connectivity index (χ1) is 8.40. The molecule has 0 unspecified atom stereocenters. The Morgan fingerprint density at radius 3 is 2.65 bits per heavy atom. The van der Waals surface area contributed by atoms with Gasteiger partial charge in [-0.1, -0.05) is 12.1 Å². The summed E-state index contributed by atoms with van der Waals surface area (Å²) >= 11 is 0. The van der Waals surface area contributed by atoms with E-state index < -0.39 is 0 Å². The van der Waals surface area contributed by atoms with Crippen molar-refractivity contribution in [3.63, 3.8) is 0 Å². The van der Waals surface area contributed by atoms with Crippen LogP contribution in [0, 0.1) is 0 Å². The summed E-state index contributed by atoms with van der Waals surface area (Å²) in [7, 11) is 0. The number of rotatable bonds is 5. The molecule has 0 amide bonds. The zero-order valence-electron chi connectivity index (χ0n) is 9.76. The van der Waals surface area contributed by atoms with Crippen LogP contribution in [0.5, 0.6) is 5.75 Å².